The summed E-state index contributed by atoms with van der Waals surface area (Å²) in [5.41, 5.74) is 9.33. The van der Waals surface area contributed by atoms with Crippen LogP contribution in [0.5, 0.6) is 0 Å². The molecule has 4 N–H and O–H groups in total. The second-order valence-electron chi connectivity index (χ2n) is 14.4. The zero-order valence-electron chi connectivity index (χ0n) is 29.7. The van der Waals surface area contributed by atoms with Crippen molar-refractivity contribution in [1.29, 1.82) is 0 Å². The quantitative estimate of drug-likeness (QED) is 0.0720. The summed E-state index contributed by atoms with van der Waals surface area (Å²) in [6, 6.07) is 29.4. The van der Waals surface area contributed by atoms with E-state index < -0.39 is 31.6 Å². The molecular weight excluding hydrogens is 755 g/mol. The van der Waals surface area contributed by atoms with Gasteiger partial charge in [0.2, 0.25) is 8.41 Å². The van der Waals surface area contributed by atoms with Gasteiger partial charge in [0, 0.05) is 51.2 Å². The first kappa shape index (κ1) is 36.7. The Bertz CT molecular complexity index is 2130. The van der Waals surface area contributed by atoms with E-state index in [1.54, 1.807) is 53.0 Å². The van der Waals surface area contributed by atoms with Crippen LogP contribution in [0.2, 0.25) is 18.6 Å². The Labute approximate surface area is 317 Å². The number of fused-ring (bicyclic) bond motifs is 2. The lowest BCUT2D eigenvalue weighted by atomic mass is 9.82. The summed E-state index contributed by atoms with van der Waals surface area (Å²) in [4.78, 5) is 29.5. The summed E-state index contributed by atoms with van der Waals surface area (Å²) in [5, 5.41) is 21.8. The van der Waals surface area contributed by atoms with Crippen LogP contribution in [0.15, 0.2) is 108 Å². The summed E-state index contributed by atoms with van der Waals surface area (Å²) in [6.07, 6.45) is 1.67. The van der Waals surface area contributed by atoms with Crippen molar-refractivity contribution < 1.29 is 23.5 Å². The second-order valence-corrected chi connectivity index (χ2v) is 19.2. The highest BCUT2D eigenvalue weighted by Gasteiger charge is 2.66. The van der Waals surface area contributed by atoms with E-state index in [0.29, 0.717) is 46.8 Å². The number of carbonyl (C=O) groups is 2. The van der Waals surface area contributed by atoms with Crippen LogP contribution in [0.4, 0.5) is 21.2 Å². The van der Waals surface area contributed by atoms with E-state index in [-0.39, 0.29) is 30.9 Å². The third-order valence-electron chi connectivity index (χ3n) is 10.6. The topological polar surface area (TPSA) is 136 Å². The largest absolute Gasteiger partial charge is 0.399 e. The molecule has 13 heteroatoms. The number of rotatable bonds is 11. The van der Waals surface area contributed by atoms with Gasteiger partial charge in [-0.3, -0.25) is 14.3 Å². The van der Waals surface area contributed by atoms with E-state index in [2.05, 4.69) is 31.6 Å². The molecule has 10 nitrogen and oxygen atoms in total. The molecule has 0 saturated carbocycles. The number of aliphatic hydroxyl groups is 1. The number of nitrogens with zero attached hydrogens (tertiary/aromatic N) is 4. The van der Waals surface area contributed by atoms with Gasteiger partial charge >= 0.3 is 0 Å². The van der Waals surface area contributed by atoms with Crippen LogP contribution in [0.3, 0.4) is 0 Å². The summed E-state index contributed by atoms with van der Waals surface area (Å²) < 4.78 is 25.9. The highest BCUT2D eigenvalue weighted by Crippen LogP contribution is 2.60. The summed E-state index contributed by atoms with van der Waals surface area (Å²) in [5.74, 6) is -1.29. The van der Waals surface area contributed by atoms with Crippen LogP contribution >= 0.6 is 15.9 Å². The van der Waals surface area contributed by atoms with Crippen molar-refractivity contribution in [2.24, 2.45) is 5.92 Å². The molecule has 1 aromatic heterocycles. The van der Waals surface area contributed by atoms with E-state index in [1.807, 2.05) is 79.9 Å². The minimum Gasteiger partial charge on any atom is -0.399 e. The molecule has 2 amide bonds. The van der Waals surface area contributed by atoms with Crippen molar-refractivity contribution >= 4 is 53.2 Å². The minimum atomic E-state index is -3.39. The predicted molar refractivity (Wildman–Crippen MR) is 209 cm³/mol. The van der Waals surface area contributed by atoms with Crippen molar-refractivity contribution in [3.05, 3.63) is 136 Å². The van der Waals surface area contributed by atoms with Gasteiger partial charge in [0.1, 0.15) is 0 Å². The molecule has 2 aliphatic heterocycles. The molecule has 53 heavy (non-hydrogen) atoms. The van der Waals surface area contributed by atoms with Gasteiger partial charge in [-0.2, -0.15) is 0 Å². The van der Waals surface area contributed by atoms with Gasteiger partial charge in [-0.25, -0.2) is 0 Å². The summed E-state index contributed by atoms with van der Waals surface area (Å²) >= 11 is 3.61. The normalized spacial score (nSPS) is 21.6. The third kappa shape index (κ3) is 7.06. The Balaban J connectivity index is 1.14. The number of carbonyl (C=O) groups excluding carboxylic acids is 2. The first-order valence-electron chi connectivity index (χ1n) is 17.7. The number of ether oxygens (including phenoxy) is 1. The lowest BCUT2D eigenvalue weighted by molar-refractivity contribution is -0.146. The Hall–Kier alpha value is -4.69. The third-order valence-corrected chi connectivity index (χ3v) is 13.5. The lowest BCUT2D eigenvalue weighted by Crippen LogP contribution is -2.45. The van der Waals surface area contributed by atoms with Gasteiger partial charge in [-0.05, 0) is 85.2 Å². The standard InChI is InChI=1S/C40H42BrFN6O4Si/c1-25-37(53(2,3)42)36(18-19-47-23-34(45-46-47)32(24-49)27-9-5-4-6-10-27)52-40(25)33-21-29(41)14-17-35(33)48(39(40)51)22-26-8-7-11-31(20-26)44-38(50)28-12-15-30(43)16-13-28/h4-17,20-21,23,25,32,36-37,49H,18-19,22,24,43H2,1-3H3,(H,44,50)/t25-,32?,36+,37-,40+/m0/s1. The SMILES string of the molecule is C[C@H]1[C@H]([Si](C)(C)F)[C@@H](CCn2cc(C(CO)c3ccccc3)nn2)O[C@]12C(=O)N(Cc1cccc(NC(=O)c3ccc(N)cc3)c1)c1ccc(Br)cc12. The van der Waals surface area contributed by atoms with Crippen molar-refractivity contribution in [2.45, 2.75) is 62.7 Å². The fourth-order valence-corrected chi connectivity index (χ4v) is 11.0. The number of nitrogens with one attached hydrogen (secondary N) is 1. The highest BCUT2D eigenvalue weighted by molar-refractivity contribution is 9.10. The highest BCUT2D eigenvalue weighted by atomic mass is 79.9. The van der Waals surface area contributed by atoms with Crippen LogP contribution in [0, 0.1) is 5.92 Å². The smallest absolute Gasteiger partial charge is 0.264 e. The zero-order chi connectivity index (χ0) is 37.5. The Morgan fingerprint density at radius 2 is 1.83 bits per heavy atom. The molecule has 1 spiro atoms. The maximum atomic E-state index is 16.4. The molecule has 1 fully saturated rings. The van der Waals surface area contributed by atoms with E-state index in [1.165, 1.54) is 0 Å². The molecule has 4 aromatic carbocycles. The number of hydrogen-bond donors (Lipinski definition) is 3. The average molecular weight is 798 g/mol. The Morgan fingerprint density at radius 3 is 2.55 bits per heavy atom. The maximum Gasteiger partial charge on any atom is 0.264 e. The van der Waals surface area contributed by atoms with Gasteiger partial charge in [-0.1, -0.05) is 70.5 Å². The van der Waals surface area contributed by atoms with Crippen LogP contribution in [-0.4, -0.2) is 53.0 Å². The molecule has 0 aliphatic carbocycles. The fraction of sp³-hybridized carbons (Fsp3) is 0.300. The molecule has 1 unspecified atom stereocenters. The average Bonchev–Trinajstić information content (AvgIpc) is 3.79. The molecule has 274 valence electrons. The van der Waals surface area contributed by atoms with Crippen LogP contribution in [0.1, 0.15) is 52.0 Å². The first-order valence-corrected chi connectivity index (χ1v) is 21.4. The van der Waals surface area contributed by atoms with E-state index >= 15 is 4.11 Å². The predicted octanol–water partition coefficient (Wildman–Crippen LogP) is 7.41. The summed E-state index contributed by atoms with van der Waals surface area (Å²) in [6.45, 7) is 5.81. The van der Waals surface area contributed by atoms with E-state index in [4.69, 9.17) is 10.5 Å². The summed E-state index contributed by atoms with van der Waals surface area (Å²) in [7, 11) is -3.39. The van der Waals surface area contributed by atoms with Gasteiger partial charge in [0.15, 0.2) is 5.60 Å². The number of nitrogens with two attached hydrogens (primary N) is 1. The first-order chi connectivity index (χ1) is 25.4. The molecular formula is C40H42BrFN6O4Si. The number of benzene rings is 4. The Kier molecular flexibility index (Phi) is 10.1. The van der Waals surface area contributed by atoms with E-state index in [9.17, 15) is 14.7 Å². The molecule has 2 aliphatic rings. The monoisotopic (exact) mass is 796 g/mol. The van der Waals surface area contributed by atoms with Crippen molar-refractivity contribution in [3.63, 3.8) is 0 Å². The number of aryl methyl sites for hydroxylation is 1. The molecule has 7 rings (SSSR count). The van der Waals surface area contributed by atoms with Crippen LogP contribution in [0.25, 0.3) is 0 Å². The van der Waals surface area contributed by atoms with Crippen molar-refractivity contribution in [3.8, 4) is 0 Å². The molecule has 1 saturated heterocycles. The number of nitrogen functional groups attached to an aromatic ring is 1. The van der Waals surface area contributed by atoms with Crippen LogP contribution < -0.4 is 16.0 Å². The molecule has 3 heterocycles. The van der Waals surface area contributed by atoms with Gasteiger partial charge in [0.25, 0.3) is 11.8 Å². The minimum absolute atomic E-state index is 0.117. The molecule has 0 radical (unpaired) electrons. The Morgan fingerprint density at radius 1 is 1.08 bits per heavy atom. The maximum absolute atomic E-state index is 16.4. The molecule has 0 bridgehead atoms. The molecule has 5 aromatic rings. The van der Waals surface area contributed by atoms with Crippen LogP contribution in [-0.2, 0) is 28.2 Å². The number of hydrogen-bond acceptors (Lipinski definition) is 7. The second kappa shape index (κ2) is 14.6. The number of anilines is 3. The zero-order valence-corrected chi connectivity index (χ0v) is 32.3. The number of aromatic nitrogens is 3. The van der Waals surface area contributed by atoms with Crippen molar-refractivity contribution in [1.82, 2.24) is 15.0 Å². The van der Waals surface area contributed by atoms with Gasteiger partial charge < -0.3 is 29.9 Å². The lowest BCUT2D eigenvalue weighted by Gasteiger charge is -2.31. The number of aliphatic hydroxyl groups excluding tert-OH is 1. The van der Waals surface area contributed by atoms with Gasteiger partial charge in [0.05, 0.1) is 36.6 Å². The van der Waals surface area contributed by atoms with E-state index in [0.717, 1.165) is 15.6 Å². The molecule has 5 atom stereocenters. The van der Waals surface area contributed by atoms with Gasteiger partial charge in [-0.15, -0.1) is 5.10 Å². The van der Waals surface area contributed by atoms with Crippen molar-refractivity contribution in [2.75, 3.05) is 22.6 Å². The fourth-order valence-electron chi connectivity index (χ4n) is 8.11. The number of halogens is 2. The number of amides is 2.